The van der Waals surface area contributed by atoms with Gasteiger partial charge in [-0.25, -0.2) is 0 Å². The Balaban J connectivity index is 1.23. The molecule has 0 saturated carbocycles. The van der Waals surface area contributed by atoms with Crippen molar-refractivity contribution in [2.24, 2.45) is 0 Å². The monoisotopic (exact) mass is 704 g/mol. The summed E-state index contributed by atoms with van der Waals surface area (Å²) in [5, 5.41) is 22.1. The standard InChI is InChI=1S/C40H48O11/c1-23(39(41)27-11-13-31(43-3)35(21-27)45-5)49-33-15-9-25(19-37(33)47-7)29-17-18-30(51-29)26-10-16-34(38(20-26)48-8)50-24(2)40(42)28-12-14-32(44-4)36(22-28)46-6/h9-16,19-24,29-30,39-42H,17-18H2,1-8H3/t23-,24-,29+,30+,39+,40+/m1/s1. The highest BCUT2D eigenvalue weighted by molar-refractivity contribution is 5.47. The zero-order valence-corrected chi connectivity index (χ0v) is 30.4. The first-order chi connectivity index (χ1) is 24.6. The molecule has 1 aliphatic rings. The zero-order valence-electron chi connectivity index (χ0n) is 30.4. The molecule has 0 radical (unpaired) electrons. The van der Waals surface area contributed by atoms with Crippen LogP contribution >= 0.6 is 0 Å². The molecule has 0 spiro atoms. The summed E-state index contributed by atoms with van der Waals surface area (Å²) in [6.45, 7) is 3.59. The second kappa shape index (κ2) is 16.9. The Hall–Kier alpha value is -4.84. The van der Waals surface area contributed by atoms with Gasteiger partial charge in [-0.3, -0.25) is 0 Å². The Bertz CT molecular complexity index is 1630. The average Bonchev–Trinajstić information content (AvgIpc) is 3.67. The second-order valence-electron chi connectivity index (χ2n) is 12.3. The van der Waals surface area contributed by atoms with Gasteiger partial charge < -0.3 is 52.8 Å². The molecule has 0 unspecified atom stereocenters. The molecule has 0 aliphatic carbocycles. The third-order valence-electron chi connectivity index (χ3n) is 9.15. The van der Waals surface area contributed by atoms with Gasteiger partial charge in [-0.2, -0.15) is 0 Å². The Labute approximate surface area is 299 Å². The summed E-state index contributed by atoms with van der Waals surface area (Å²) in [6.07, 6.45) is -1.74. The molecule has 1 fully saturated rings. The number of hydrogen-bond acceptors (Lipinski definition) is 11. The molecule has 1 saturated heterocycles. The first kappa shape index (κ1) is 37.4. The van der Waals surface area contributed by atoms with Gasteiger partial charge in [0.2, 0.25) is 0 Å². The number of benzene rings is 4. The van der Waals surface area contributed by atoms with Crippen molar-refractivity contribution >= 4 is 0 Å². The van der Waals surface area contributed by atoms with Gasteiger partial charge in [0.1, 0.15) is 24.4 Å². The van der Waals surface area contributed by atoms with Crippen LogP contribution in [0.15, 0.2) is 72.8 Å². The molecule has 5 rings (SSSR count). The van der Waals surface area contributed by atoms with Crippen molar-refractivity contribution in [3.05, 3.63) is 95.1 Å². The van der Waals surface area contributed by atoms with E-state index in [1.165, 1.54) is 0 Å². The van der Waals surface area contributed by atoms with Gasteiger partial charge in [-0.1, -0.05) is 24.3 Å². The van der Waals surface area contributed by atoms with Gasteiger partial charge in [0.15, 0.2) is 46.0 Å². The van der Waals surface area contributed by atoms with Crippen LogP contribution in [-0.2, 0) is 4.74 Å². The van der Waals surface area contributed by atoms with Crippen LogP contribution in [0.1, 0.15) is 73.4 Å². The predicted molar refractivity (Wildman–Crippen MR) is 191 cm³/mol. The molecule has 11 nitrogen and oxygen atoms in total. The van der Waals surface area contributed by atoms with Crippen LogP contribution in [0.4, 0.5) is 0 Å². The van der Waals surface area contributed by atoms with Gasteiger partial charge in [-0.05, 0) is 97.5 Å². The molecule has 11 heteroatoms. The van der Waals surface area contributed by atoms with Crippen LogP contribution in [0.25, 0.3) is 0 Å². The summed E-state index contributed by atoms with van der Waals surface area (Å²) in [6, 6.07) is 22.0. The molecule has 4 aromatic rings. The Morgan fingerprint density at radius 3 is 1.16 bits per heavy atom. The van der Waals surface area contributed by atoms with E-state index in [1.54, 1.807) is 92.9 Å². The summed E-state index contributed by atoms with van der Waals surface area (Å²) in [5.41, 5.74) is 3.19. The lowest BCUT2D eigenvalue weighted by atomic mass is 10.0. The molecule has 51 heavy (non-hydrogen) atoms. The molecule has 0 amide bonds. The zero-order chi connectivity index (χ0) is 36.7. The van der Waals surface area contributed by atoms with Gasteiger partial charge in [0, 0.05) is 0 Å². The summed E-state index contributed by atoms with van der Waals surface area (Å²) >= 11 is 0. The van der Waals surface area contributed by atoms with E-state index in [0.717, 1.165) is 24.0 Å². The van der Waals surface area contributed by atoms with Crippen LogP contribution < -0.4 is 37.9 Å². The third-order valence-corrected chi connectivity index (χ3v) is 9.15. The fourth-order valence-electron chi connectivity index (χ4n) is 6.24. The van der Waals surface area contributed by atoms with E-state index in [2.05, 4.69) is 0 Å². The summed E-state index contributed by atoms with van der Waals surface area (Å²) in [5.74, 6) is 4.30. The number of hydrogen-bond donors (Lipinski definition) is 2. The van der Waals surface area contributed by atoms with Crippen molar-refractivity contribution in [2.75, 3.05) is 42.7 Å². The highest BCUT2D eigenvalue weighted by Crippen LogP contribution is 2.45. The molecule has 2 N–H and O–H groups in total. The quantitative estimate of drug-likeness (QED) is 0.122. The minimum atomic E-state index is -0.923. The predicted octanol–water partition coefficient (Wildman–Crippen LogP) is 7.33. The lowest BCUT2D eigenvalue weighted by Gasteiger charge is -2.24. The van der Waals surface area contributed by atoms with E-state index in [1.807, 2.05) is 36.4 Å². The fourth-order valence-corrected chi connectivity index (χ4v) is 6.24. The van der Waals surface area contributed by atoms with E-state index in [-0.39, 0.29) is 12.2 Å². The molecular formula is C40H48O11. The van der Waals surface area contributed by atoms with E-state index < -0.39 is 24.4 Å². The first-order valence-corrected chi connectivity index (χ1v) is 16.8. The Morgan fingerprint density at radius 1 is 0.471 bits per heavy atom. The smallest absolute Gasteiger partial charge is 0.161 e. The van der Waals surface area contributed by atoms with Crippen LogP contribution in [0.2, 0.25) is 0 Å². The molecule has 274 valence electrons. The molecular weight excluding hydrogens is 656 g/mol. The molecule has 4 aromatic carbocycles. The molecule has 0 aromatic heterocycles. The maximum Gasteiger partial charge on any atom is 0.161 e. The minimum absolute atomic E-state index is 0.161. The van der Waals surface area contributed by atoms with Crippen molar-refractivity contribution in [1.29, 1.82) is 0 Å². The van der Waals surface area contributed by atoms with Crippen molar-refractivity contribution in [3.63, 3.8) is 0 Å². The van der Waals surface area contributed by atoms with Crippen molar-refractivity contribution in [1.82, 2.24) is 0 Å². The second-order valence-corrected chi connectivity index (χ2v) is 12.3. The van der Waals surface area contributed by atoms with E-state index >= 15 is 0 Å². The number of ether oxygens (including phenoxy) is 9. The number of aliphatic hydroxyl groups excluding tert-OH is 2. The number of methoxy groups -OCH3 is 6. The molecule has 0 bridgehead atoms. The molecule has 1 heterocycles. The molecule has 6 atom stereocenters. The van der Waals surface area contributed by atoms with Crippen molar-refractivity contribution in [2.45, 2.75) is 63.3 Å². The lowest BCUT2D eigenvalue weighted by molar-refractivity contribution is 0.0409. The maximum atomic E-state index is 11.0. The van der Waals surface area contributed by atoms with Crippen molar-refractivity contribution < 1.29 is 52.8 Å². The number of rotatable bonds is 16. The molecule has 1 aliphatic heterocycles. The van der Waals surface area contributed by atoms with E-state index in [9.17, 15) is 10.2 Å². The van der Waals surface area contributed by atoms with Crippen LogP contribution in [-0.4, -0.2) is 65.1 Å². The SMILES string of the molecule is COc1ccc([C@@H](O)[C@@H](C)Oc2ccc([C@@H]3CC[C@@H](c4ccc(O[C@H](C)[C@H](O)c5ccc(OC)c(OC)c5)c(OC)c4)O3)cc2OC)cc1OC. The van der Waals surface area contributed by atoms with E-state index in [0.29, 0.717) is 57.1 Å². The van der Waals surface area contributed by atoms with Gasteiger partial charge >= 0.3 is 0 Å². The van der Waals surface area contributed by atoms with Crippen LogP contribution in [0.3, 0.4) is 0 Å². The van der Waals surface area contributed by atoms with E-state index in [4.69, 9.17) is 42.6 Å². The van der Waals surface area contributed by atoms with Gasteiger partial charge in [0.25, 0.3) is 0 Å². The lowest BCUT2D eigenvalue weighted by Crippen LogP contribution is -2.22. The Morgan fingerprint density at radius 2 is 0.804 bits per heavy atom. The normalized spacial score (nSPS) is 17.8. The summed E-state index contributed by atoms with van der Waals surface area (Å²) in [7, 11) is 9.41. The average molecular weight is 705 g/mol. The summed E-state index contributed by atoms with van der Waals surface area (Å²) < 4.78 is 51.7. The van der Waals surface area contributed by atoms with Gasteiger partial charge in [-0.15, -0.1) is 0 Å². The van der Waals surface area contributed by atoms with Gasteiger partial charge in [0.05, 0.1) is 54.9 Å². The fraction of sp³-hybridized carbons (Fsp3) is 0.400. The van der Waals surface area contributed by atoms with Crippen LogP contribution in [0.5, 0.6) is 46.0 Å². The minimum Gasteiger partial charge on any atom is -0.493 e. The highest BCUT2D eigenvalue weighted by atomic mass is 16.5. The Kier molecular flexibility index (Phi) is 12.4. The topological polar surface area (TPSA) is 124 Å². The third kappa shape index (κ3) is 8.39. The largest absolute Gasteiger partial charge is 0.493 e. The maximum absolute atomic E-state index is 11.0. The van der Waals surface area contributed by atoms with Crippen molar-refractivity contribution in [3.8, 4) is 46.0 Å². The first-order valence-electron chi connectivity index (χ1n) is 16.8. The highest BCUT2D eigenvalue weighted by Gasteiger charge is 2.30. The van der Waals surface area contributed by atoms with Crippen LogP contribution in [0, 0.1) is 0 Å². The number of aliphatic hydroxyl groups is 2. The summed E-state index contributed by atoms with van der Waals surface area (Å²) in [4.78, 5) is 0.